The minimum atomic E-state index is -0.679. The molecule has 4 heteroatoms. The number of carboxylic acid groups (broad SMARTS) is 1. The number of carboxylic acids is 1. The van der Waals surface area contributed by atoms with Gasteiger partial charge in [-0.2, -0.15) is 0 Å². The highest BCUT2D eigenvalue weighted by Crippen LogP contribution is 2.67. The lowest BCUT2D eigenvalue weighted by Gasteiger charge is -2.59. The first-order chi connectivity index (χ1) is 14.6. The summed E-state index contributed by atoms with van der Waals surface area (Å²) in [5.41, 5.74) is 1.76. The van der Waals surface area contributed by atoms with E-state index in [1.54, 1.807) is 0 Å². The Hall–Kier alpha value is -0.870. The third kappa shape index (κ3) is 3.90. The van der Waals surface area contributed by atoms with Crippen molar-refractivity contribution in [2.45, 2.75) is 104 Å². The van der Waals surface area contributed by atoms with Crippen molar-refractivity contribution in [2.75, 3.05) is 0 Å². The maximum atomic E-state index is 11.3. The molecule has 0 spiro atoms. The molecule has 31 heavy (non-hydrogen) atoms. The summed E-state index contributed by atoms with van der Waals surface area (Å²) < 4.78 is 0. The molecule has 4 aliphatic carbocycles. The maximum absolute atomic E-state index is 11.3. The van der Waals surface area contributed by atoms with Gasteiger partial charge in [-0.15, -0.1) is 0 Å². The third-order valence-electron chi connectivity index (χ3n) is 10.6. The number of aliphatic hydroxyl groups is 2. The van der Waals surface area contributed by atoms with Gasteiger partial charge in [0.05, 0.1) is 18.1 Å². The molecule has 10 unspecified atom stereocenters. The molecule has 0 aliphatic heterocycles. The standard InChI is InChI=1S/C27H44O4/c1-16(6-5-7-17(2)25(30)31)20-8-9-21-24-22(11-13-27(20,21)4)26(3)12-10-19(28)14-18(26)15-23(24)29/h15-17,19-24,28-29H,5-14H2,1-4H3,(H,30,31). The zero-order chi connectivity index (χ0) is 22.6. The first-order valence-electron chi connectivity index (χ1n) is 12.9. The van der Waals surface area contributed by atoms with Crippen LogP contribution in [0.4, 0.5) is 0 Å². The van der Waals surface area contributed by atoms with E-state index in [2.05, 4.69) is 26.8 Å². The first-order valence-corrected chi connectivity index (χ1v) is 12.9. The Morgan fingerprint density at radius 2 is 1.81 bits per heavy atom. The summed E-state index contributed by atoms with van der Waals surface area (Å²) in [6, 6.07) is 0. The molecule has 4 aliphatic rings. The Kier molecular flexibility index (Phi) is 6.37. The molecule has 0 heterocycles. The Balaban J connectivity index is 1.48. The van der Waals surface area contributed by atoms with E-state index < -0.39 is 5.97 Å². The van der Waals surface area contributed by atoms with E-state index in [1.165, 1.54) is 31.3 Å². The summed E-state index contributed by atoms with van der Waals surface area (Å²) in [6.45, 7) is 9.11. The maximum Gasteiger partial charge on any atom is 0.306 e. The second-order valence-electron chi connectivity index (χ2n) is 12.2. The van der Waals surface area contributed by atoms with Gasteiger partial charge in [-0.3, -0.25) is 4.79 Å². The van der Waals surface area contributed by atoms with Crippen molar-refractivity contribution in [2.24, 2.45) is 46.3 Å². The summed E-state index contributed by atoms with van der Waals surface area (Å²) in [4.78, 5) is 11.1. The predicted molar refractivity (Wildman–Crippen MR) is 122 cm³/mol. The van der Waals surface area contributed by atoms with Crippen molar-refractivity contribution in [3.05, 3.63) is 11.6 Å². The Labute approximate surface area is 188 Å². The average molecular weight is 433 g/mol. The van der Waals surface area contributed by atoms with Crippen LogP contribution in [0.15, 0.2) is 11.6 Å². The molecule has 0 bridgehead atoms. The minimum Gasteiger partial charge on any atom is -0.481 e. The van der Waals surface area contributed by atoms with Crippen LogP contribution < -0.4 is 0 Å². The summed E-state index contributed by atoms with van der Waals surface area (Å²) in [5, 5.41) is 30.6. The number of rotatable bonds is 6. The monoisotopic (exact) mass is 432 g/mol. The average Bonchev–Trinajstić information content (AvgIpc) is 3.06. The van der Waals surface area contributed by atoms with Crippen LogP contribution >= 0.6 is 0 Å². The lowest BCUT2D eigenvalue weighted by molar-refractivity contribution is -0.141. The molecule has 0 aromatic heterocycles. The number of fused-ring (bicyclic) bond motifs is 5. The normalized spacial score (nSPS) is 46.3. The third-order valence-corrected chi connectivity index (χ3v) is 10.6. The van der Waals surface area contributed by atoms with Crippen LogP contribution in [0.3, 0.4) is 0 Å². The second kappa shape index (κ2) is 8.48. The zero-order valence-corrected chi connectivity index (χ0v) is 20.0. The fourth-order valence-corrected chi connectivity index (χ4v) is 8.68. The van der Waals surface area contributed by atoms with Gasteiger partial charge in [0.25, 0.3) is 0 Å². The van der Waals surface area contributed by atoms with E-state index in [9.17, 15) is 15.0 Å². The van der Waals surface area contributed by atoms with Gasteiger partial charge in [0.1, 0.15) is 0 Å². The van der Waals surface area contributed by atoms with Crippen molar-refractivity contribution < 1.29 is 20.1 Å². The predicted octanol–water partition coefficient (Wildman–Crippen LogP) is 5.42. The molecular weight excluding hydrogens is 388 g/mol. The molecule has 176 valence electrons. The van der Waals surface area contributed by atoms with Crippen LogP contribution in [-0.2, 0) is 4.79 Å². The molecule has 0 amide bonds. The highest BCUT2D eigenvalue weighted by molar-refractivity contribution is 5.69. The molecule has 0 aromatic rings. The largest absolute Gasteiger partial charge is 0.481 e. The van der Waals surface area contributed by atoms with Crippen molar-refractivity contribution in [3.8, 4) is 0 Å². The van der Waals surface area contributed by atoms with Crippen LogP contribution in [0.2, 0.25) is 0 Å². The quantitative estimate of drug-likeness (QED) is 0.490. The Morgan fingerprint density at radius 3 is 2.52 bits per heavy atom. The highest BCUT2D eigenvalue weighted by atomic mass is 16.4. The Morgan fingerprint density at radius 1 is 1.06 bits per heavy atom. The van der Waals surface area contributed by atoms with Gasteiger partial charge in [0.2, 0.25) is 0 Å². The van der Waals surface area contributed by atoms with Gasteiger partial charge in [-0.1, -0.05) is 52.2 Å². The second-order valence-corrected chi connectivity index (χ2v) is 12.2. The molecule has 3 fully saturated rings. The fraction of sp³-hybridized carbons (Fsp3) is 0.889. The van der Waals surface area contributed by atoms with Crippen LogP contribution in [0.1, 0.15) is 91.9 Å². The lowest BCUT2D eigenvalue weighted by atomic mass is 9.46. The molecule has 10 atom stereocenters. The smallest absolute Gasteiger partial charge is 0.306 e. The first kappa shape index (κ1) is 23.3. The van der Waals surface area contributed by atoms with Gasteiger partial charge in [0, 0.05) is 0 Å². The van der Waals surface area contributed by atoms with E-state index in [0.717, 1.165) is 38.5 Å². The molecular formula is C27H44O4. The minimum absolute atomic E-state index is 0.154. The summed E-state index contributed by atoms with van der Waals surface area (Å²) >= 11 is 0. The van der Waals surface area contributed by atoms with Crippen molar-refractivity contribution in [1.29, 1.82) is 0 Å². The molecule has 3 N–H and O–H groups in total. The van der Waals surface area contributed by atoms with E-state index in [-0.39, 0.29) is 29.0 Å². The Bertz CT molecular complexity index is 716. The lowest BCUT2D eigenvalue weighted by Crippen LogP contribution is -2.54. The summed E-state index contributed by atoms with van der Waals surface area (Å²) in [7, 11) is 0. The van der Waals surface area contributed by atoms with E-state index in [1.807, 2.05) is 6.92 Å². The molecule has 0 radical (unpaired) electrons. The summed E-state index contributed by atoms with van der Waals surface area (Å²) in [5.74, 6) is 1.83. The molecule has 4 rings (SSSR count). The molecule has 4 nitrogen and oxygen atoms in total. The number of aliphatic hydroxyl groups excluding tert-OH is 2. The molecule has 0 aromatic carbocycles. The number of hydrogen-bond donors (Lipinski definition) is 3. The van der Waals surface area contributed by atoms with Crippen LogP contribution in [-0.4, -0.2) is 33.5 Å². The van der Waals surface area contributed by atoms with Crippen molar-refractivity contribution in [1.82, 2.24) is 0 Å². The van der Waals surface area contributed by atoms with Crippen LogP contribution in [0.5, 0.6) is 0 Å². The summed E-state index contributed by atoms with van der Waals surface area (Å²) in [6.07, 6.45) is 12.0. The number of aliphatic carboxylic acids is 1. The zero-order valence-electron chi connectivity index (χ0n) is 20.0. The highest BCUT2D eigenvalue weighted by Gasteiger charge is 2.61. The molecule has 3 saturated carbocycles. The van der Waals surface area contributed by atoms with Crippen LogP contribution in [0.25, 0.3) is 0 Å². The van der Waals surface area contributed by atoms with Crippen LogP contribution in [0, 0.1) is 46.3 Å². The van der Waals surface area contributed by atoms with Gasteiger partial charge in [0.15, 0.2) is 0 Å². The number of hydrogen-bond acceptors (Lipinski definition) is 3. The van der Waals surface area contributed by atoms with Gasteiger partial charge >= 0.3 is 5.97 Å². The van der Waals surface area contributed by atoms with E-state index in [4.69, 9.17) is 5.11 Å². The van der Waals surface area contributed by atoms with Gasteiger partial charge in [-0.25, -0.2) is 0 Å². The van der Waals surface area contributed by atoms with E-state index in [0.29, 0.717) is 29.6 Å². The van der Waals surface area contributed by atoms with Crippen molar-refractivity contribution in [3.63, 3.8) is 0 Å². The number of carbonyl (C=O) groups is 1. The van der Waals surface area contributed by atoms with Crippen molar-refractivity contribution >= 4 is 5.97 Å². The topological polar surface area (TPSA) is 77.8 Å². The SMILES string of the molecule is CC(CCCC(C)C1CCC2C3C(O)C=C4CC(O)CCC4(C)C3CCC12C)C(=O)O. The molecule has 0 saturated heterocycles. The van der Waals surface area contributed by atoms with Gasteiger partial charge in [-0.05, 0) is 91.8 Å². The van der Waals surface area contributed by atoms with Gasteiger partial charge < -0.3 is 15.3 Å². The van der Waals surface area contributed by atoms with E-state index >= 15 is 0 Å². The fourth-order valence-electron chi connectivity index (χ4n) is 8.68.